The van der Waals surface area contributed by atoms with Crippen molar-refractivity contribution in [1.29, 1.82) is 0 Å². The van der Waals surface area contributed by atoms with Gasteiger partial charge in [-0.2, -0.15) is 0 Å². The fourth-order valence-corrected chi connectivity index (χ4v) is 2.95. The van der Waals surface area contributed by atoms with E-state index in [2.05, 4.69) is 5.32 Å². The first-order chi connectivity index (χ1) is 12.1. The van der Waals surface area contributed by atoms with Gasteiger partial charge in [0.1, 0.15) is 23.8 Å². The molecule has 1 amide bonds. The molecule has 2 heterocycles. The van der Waals surface area contributed by atoms with Crippen LogP contribution in [-0.2, 0) is 7.05 Å². The summed E-state index contributed by atoms with van der Waals surface area (Å²) in [6.45, 7) is 2.65. The van der Waals surface area contributed by atoms with Crippen LogP contribution in [0.3, 0.4) is 0 Å². The van der Waals surface area contributed by atoms with Crippen LogP contribution >= 0.6 is 11.6 Å². The Bertz CT molecular complexity index is 869. The molecule has 1 N–H and O–H groups in total. The van der Waals surface area contributed by atoms with Crippen LogP contribution in [0.15, 0.2) is 53.3 Å². The van der Waals surface area contributed by atoms with Crippen LogP contribution in [0.1, 0.15) is 16.1 Å². The maximum atomic E-state index is 12.6. The van der Waals surface area contributed by atoms with Crippen molar-refractivity contribution in [1.82, 2.24) is 9.88 Å². The molecule has 0 radical (unpaired) electrons. The fraction of sp³-hybridized carbons (Fsp3) is 0.211. The molecular formula is C19H19ClN2O3. The Hall–Kier alpha value is -2.66. The zero-order valence-electron chi connectivity index (χ0n) is 14.1. The number of rotatable bonds is 6. The summed E-state index contributed by atoms with van der Waals surface area (Å²) in [6.07, 6.45) is 3.51. The van der Waals surface area contributed by atoms with Gasteiger partial charge in [-0.3, -0.25) is 4.79 Å². The minimum atomic E-state index is -0.176. The second-order valence-corrected chi connectivity index (χ2v) is 6.07. The van der Waals surface area contributed by atoms with Crippen molar-refractivity contribution in [3.8, 4) is 17.1 Å². The predicted molar refractivity (Wildman–Crippen MR) is 97.1 cm³/mol. The van der Waals surface area contributed by atoms with Crippen molar-refractivity contribution < 1.29 is 13.9 Å². The van der Waals surface area contributed by atoms with E-state index in [4.69, 9.17) is 20.8 Å². The SMILES string of the molecule is Cc1cn(C)c(C(=O)NCCOc2ccccc2Cl)c1-c1ccco1. The maximum absolute atomic E-state index is 12.6. The molecule has 2 aromatic heterocycles. The molecule has 0 spiro atoms. The third-order valence-electron chi connectivity index (χ3n) is 3.84. The number of aromatic nitrogens is 1. The zero-order valence-corrected chi connectivity index (χ0v) is 14.8. The summed E-state index contributed by atoms with van der Waals surface area (Å²) < 4.78 is 12.9. The van der Waals surface area contributed by atoms with E-state index in [1.54, 1.807) is 29.0 Å². The van der Waals surface area contributed by atoms with Crippen molar-refractivity contribution in [3.63, 3.8) is 0 Å². The molecule has 0 unspecified atom stereocenters. The molecular weight excluding hydrogens is 340 g/mol. The van der Waals surface area contributed by atoms with Crippen molar-refractivity contribution in [2.24, 2.45) is 7.05 Å². The molecule has 3 aromatic rings. The molecule has 0 atom stereocenters. The molecule has 0 fully saturated rings. The molecule has 0 saturated heterocycles. The second-order valence-electron chi connectivity index (χ2n) is 5.66. The minimum absolute atomic E-state index is 0.176. The number of para-hydroxylation sites is 1. The lowest BCUT2D eigenvalue weighted by molar-refractivity contribution is 0.0939. The number of carbonyl (C=O) groups excluding carboxylic acids is 1. The number of hydrogen-bond donors (Lipinski definition) is 1. The van der Waals surface area contributed by atoms with Crippen LogP contribution < -0.4 is 10.1 Å². The third-order valence-corrected chi connectivity index (χ3v) is 4.15. The molecule has 0 aliphatic rings. The minimum Gasteiger partial charge on any atom is -0.490 e. The highest BCUT2D eigenvalue weighted by Crippen LogP contribution is 2.29. The van der Waals surface area contributed by atoms with Gasteiger partial charge in [0.15, 0.2) is 0 Å². The first kappa shape index (κ1) is 17.2. The Balaban J connectivity index is 1.65. The molecule has 0 bridgehead atoms. The van der Waals surface area contributed by atoms with Crippen molar-refractivity contribution >= 4 is 17.5 Å². The molecule has 1 aromatic carbocycles. The Morgan fingerprint density at radius 1 is 1.28 bits per heavy atom. The number of benzene rings is 1. The number of hydrogen-bond acceptors (Lipinski definition) is 3. The molecule has 3 rings (SSSR count). The van der Waals surface area contributed by atoms with Gasteiger partial charge in [0.25, 0.3) is 5.91 Å². The number of furan rings is 1. The van der Waals surface area contributed by atoms with E-state index in [0.29, 0.717) is 35.4 Å². The third kappa shape index (κ3) is 3.72. The van der Waals surface area contributed by atoms with Crippen LogP contribution in [0.25, 0.3) is 11.3 Å². The summed E-state index contributed by atoms with van der Waals surface area (Å²) in [5, 5.41) is 3.42. The quantitative estimate of drug-likeness (QED) is 0.676. The number of amides is 1. The fourth-order valence-electron chi connectivity index (χ4n) is 2.76. The lowest BCUT2D eigenvalue weighted by Gasteiger charge is -2.10. The van der Waals surface area contributed by atoms with Crippen LogP contribution in [0.5, 0.6) is 5.75 Å². The Morgan fingerprint density at radius 3 is 2.80 bits per heavy atom. The summed E-state index contributed by atoms with van der Waals surface area (Å²) in [4.78, 5) is 12.6. The van der Waals surface area contributed by atoms with Gasteiger partial charge >= 0.3 is 0 Å². The average Bonchev–Trinajstić information content (AvgIpc) is 3.20. The van der Waals surface area contributed by atoms with Crippen LogP contribution in [0.2, 0.25) is 5.02 Å². The standard InChI is InChI=1S/C19H19ClN2O3/c1-13-12-22(2)18(17(13)16-8-5-10-24-16)19(23)21-9-11-25-15-7-4-3-6-14(15)20/h3-8,10,12H,9,11H2,1-2H3,(H,21,23). The lowest BCUT2D eigenvalue weighted by Crippen LogP contribution is -2.30. The number of aryl methyl sites for hydroxylation is 2. The monoisotopic (exact) mass is 358 g/mol. The summed E-state index contributed by atoms with van der Waals surface area (Å²) in [5.41, 5.74) is 2.34. The first-order valence-corrected chi connectivity index (χ1v) is 8.31. The Labute approximate surface area is 151 Å². The van der Waals surface area contributed by atoms with E-state index in [-0.39, 0.29) is 5.91 Å². The first-order valence-electron chi connectivity index (χ1n) is 7.93. The largest absolute Gasteiger partial charge is 0.490 e. The van der Waals surface area contributed by atoms with Gasteiger partial charge in [0.2, 0.25) is 0 Å². The topological polar surface area (TPSA) is 56.4 Å². The van der Waals surface area contributed by atoms with E-state index >= 15 is 0 Å². The number of nitrogens with one attached hydrogen (secondary N) is 1. The molecule has 130 valence electrons. The van der Waals surface area contributed by atoms with Gasteiger partial charge in [-0.05, 0) is 36.8 Å². The Morgan fingerprint density at radius 2 is 2.08 bits per heavy atom. The normalized spacial score (nSPS) is 10.7. The van der Waals surface area contributed by atoms with Crippen molar-refractivity contribution in [2.45, 2.75) is 6.92 Å². The van der Waals surface area contributed by atoms with E-state index in [9.17, 15) is 4.79 Å². The molecule has 0 saturated carbocycles. The number of halogens is 1. The second kappa shape index (κ2) is 7.49. The molecule has 6 heteroatoms. The van der Waals surface area contributed by atoms with E-state index < -0.39 is 0 Å². The van der Waals surface area contributed by atoms with Crippen LogP contribution in [0.4, 0.5) is 0 Å². The van der Waals surface area contributed by atoms with Gasteiger partial charge in [0, 0.05) is 13.2 Å². The summed E-state index contributed by atoms with van der Waals surface area (Å²) >= 11 is 6.04. The highest BCUT2D eigenvalue weighted by atomic mass is 35.5. The average molecular weight is 359 g/mol. The maximum Gasteiger partial charge on any atom is 0.268 e. The van der Waals surface area contributed by atoms with Crippen LogP contribution in [0, 0.1) is 6.92 Å². The van der Waals surface area contributed by atoms with Crippen LogP contribution in [-0.4, -0.2) is 23.6 Å². The zero-order chi connectivity index (χ0) is 17.8. The van der Waals surface area contributed by atoms with E-state index in [1.165, 1.54) is 0 Å². The predicted octanol–water partition coefficient (Wildman–Crippen LogP) is 4.06. The number of ether oxygens (including phenoxy) is 1. The van der Waals surface area contributed by atoms with Crippen molar-refractivity contribution in [3.05, 3.63) is 65.1 Å². The molecule has 0 aliphatic carbocycles. The molecule has 25 heavy (non-hydrogen) atoms. The van der Waals surface area contributed by atoms with E-state index in [1.807, 2.05) is 38.4 Å². The van der Waals surface area contributed by atoms with Crippen molar-refractivity contribution in [2.75, 3.05) is 13.2 Å². The highest BCUT2D eigenvalue weighted by molar-refractivity contribution is 6.32. The van der Waals surface area contributed by atoms with Gasteiger partial charge in [-0.25, -0.2) is 0 Å². The van der Waals surface area contributed by atoms with Gasteiger partial charge in [0.05, 0.1) is 23.4 Å². The van der Waals surface area contributed by atoms with Gasteiger partial charge < -0.3 is 19.0 Å². The summed E-state index contributed by atoms with van der Waals surface area (Å²) in [6, 6.07) is 10.9. The number of carbonyl (C=O) groups is 1. The summed E-state index contributed by atoms with van der Waals surface area (Å²) in [5.74, 6) is 1.10. The smallest absolute Gasteiger partial charge is 0.268 e. The van der Waals surface area contributed by atoms with Gasteiger partial charge in [-0.15, -0.1) is 0 Å². The molecule has 0 aliphatic heterocycles. The summed E-state index contributed by atoms with van der Waals surface area (Å²) in [7, 11) is 1.84. The lowest BCUT2D eigenvalue weighted by atomic mass is 10.1. The van der Waals surface area contributed by atoms with E-state index in [0.717, 1.165) is 11.1 Å². The Kier molecular flexibility index (Phi) is 5.14. The highest BCUT2D eigenvalue weighted by Gasteiger charge is 2.21. The van der Waals surface area contributed by atoms with Gasteiger partial charge in [-0.1, -0.05) is 23.7 Å². The molecule has 5 nitrogen and oxygen atoms in total. The number of nitrogens with zero attached hydrogens (tertiary/aromatic N) is 1.